The van der Waals surface area contributed by atoms with E-state index in [9.17, 15) is 19.5 Å². The molecule has 0 bridgehead atoms. The highest BCUT2D eigenvalue weighted by atomic mass is 16.5. The Kier molecular flexibility index (Phi) is 13.9. The van der Waals surface area contributed by atoms with Gasteiger partial charge in [-0.25, -0.2) is 0 Å². The van der Waals surface area contributed by atoms with Crippen molar-refractivity contribution in [1.29, 1.82) is 0 Å². The normalized spacial score (nSPS) is 23.8. The van der Waals surface area contributed by atoms with Crippen molar-refractivity contribution in [3.05, 3.63) is 12.2 Å². The predicted molar refractivity (Wildman–Crippen MR) is 122 cm³/mol. The van der Waals surface area contributed by atoms with E-state index < -0.39 is 6.10 Å². The van der Waals surface area contributed by atoms with Gasteiger partial charge in [0, 0.05) is 32.6 Å². The van der Waals surface area contributed by atoms with Crippen molar-refractivity contribution < 1.29 is 33.7 Å². The molecule has 0 aromatic heterocycles. The number of methoxy groups -OCH3 is 1. The fourth-order valence-electron chi connectivity index (χ4n) is 4.45. The molecule has 7 nitrogen and oxygen atoms in total. The van der Waals surface area contributed by atoms with Crippen LogP contribution in [-0.4, -0.2) is 48.4 Å². The van der Waals surface area contributed by atoms with Gasteiger partial charge in [0.25, 0.3) is 0 Å². The van der Waals surface area contributed by atoms with Crippen molar-refractivity contribution in [1.82, 2.24) is 0 Å². The monoisotopic (exact) mass is 454 g/mol. The summed E-state index contributed by atoms with van der Waals surface area (Å²) >= 11 is 0. The van der Waals surface area contributed by atoms with Crippen LogP contribution in [0.15, 0.2) is 12.2 Å². The van der Waals surface area contributed by atoms with E-state index in [0.717, 1.165) is 57.8 Å². The Labute approximate surface area is 192 Å². The maximum absolute atomic E-state index is 11.6. The Balaban J connectivity index is 2.74. The SMILES string of the molecule is CCCCC[C@@H](/C=C/[C@@H]1[C@@H](CCCCCCC(=O)OC)[C@@H](O)C[C@H]1OC(C)=O)OC(C)=O. The molecular formula is C25H42O7. The number of carbonyl (C=O) groups is 3. The summed E-state index contributed by atoms with van der Waals surface area (Å²) in [5.74, 6) is -1.00. The van der Waals surface area contributed by atoms with E-state index >= 15 is 0 Å². The summed E-state index contributed by atoms with van der Waals surface area (Å²) in [7, 11) is 1.40. The zero-order valence-corrected chi connectivity index (χ0v) is 20.2. The second-order valence-corrected chi connectivity index (χ2v) is 8.75. The molecule has 0 radical (unpaired) electrons. The van der Waals surface area contributed by atoms with Crippen LogP contribution in [0.3, 0.4) is 0 Å². The summed E-state index contributed by atoms with van der Waals surface area (Å²) in [5, 5.41) is 10.7. The lowest BCUT2D eigenvalue weighted by Gasteiger charge is -2.23. The molecule has 184 valence electrons. The summed E-state index contributed by atoms with van der Waals surface area (Å²) in [5.41, 5.74) is 0. The number of hydrogen-bond donors (Lipinski definition) is 1. The van der Waals surface area contributed by atoms with Crippen LogP contribution in [0.4, 0.5) is 0 Å². The number of aliphatic hydroxyl groups excluding tert-OH is 1. The van der Waals surface area contributed by atoms with Crippen molar-refractivity contribution >= 4 is 17.9 Å². The van der Waals surface area contributed by atoms with Gasteiger partial charge in [-0.2, -0.15) is 0 Å². The van der Waals surface area contributed by atoms with E-state index in [-0.39, 0.29) is 42.0 Å². The van der Waals surface area contributed by atoms with Gasteiger partial charge in [-0.1, -0.05) is 45.1 Å². The molecule has 32 heavy (non-hydrogen) atoms. The molecule has 1 aliphatic carbocycles. The van der Waals surface area contributed by atoms with E-state index in [1.54, 1.807) is 0 Å². The number of ether oxygens (including phenoxy) is 3. The number of esters is 3. The Morgan fingerprint density at radius 1 is 1.03 bits per heavy atom. The minimum absolute atomic E-state index is 0.0233. The number of aliphatic hydroxyl groups is 1. The molecule has 1 aliphatic rings. The van der Waals surface area contributed by atoms with Crippen molar-refractivity contribution in [3.63, 3.8) is 0 Å². The highest BCUT2D eigenvalue weighted by Gasteiger charge is 2.42. The highest BCUT2D eigenvalue weighted by Crippen LogP contribution is 2.39. The zero-order chi connectivity index (χ0) is 23.9. The van der Waals surface area contributed by atoms with Crippen LogP contribution >= 0.6 is 0 Å². The van der Waals surface area contributed by atoms with Gasteiger partial charge in [-0.05, 0) is 37.7 Å². The third-order valence-corrected chi connectivity index (χ3v) is 6.06. The molecule has 0 aromatic carbocycles. The zero-order valence-electron chi connectivity index (χ0n) is 20.2. The summed E-state index contributed by atoms with van der Waals surface area (Å²) in [6, 6.07) is 0. The summed E-state index contributed by atoms with van der Waals surface area (Å²) in [4.78, 5) is 34.3. The lowest BCUT2D eigenvalue weighted by atomic mass is 9.87. The molecule has 0 heterocycles. The number of unbranched alkanes of at least 4 members (excludes halogenated alkanes) is 5. The van der Waals surface area contributed by atoms with Gasteiger partial charge < -0.3 is 19.3 Å². The molecule has 0 unspecified atom stereocenters. The molecule has 0 spiro atoms. The van der Waals surface area contributed by atoms with Gasteiger partial charge in [0.1, 0.15) is 12.2 Å². The lowest BCUT2D eigenvalue weighted by Crippen LogP contribution is -2.24. The molecule has 5 atom stereocenters. The first-order valence-electron chi connectivity index (χ1n) is 12.1. The molecule has 1 rings (SSSR count). The number of carbonyl (C=O) groups excluding carboxylic acids is 3. The van der Waals surface area contributed by atoms with E-state index in [1.807, 2.05) is 12.2 Å². The number of hydrogen-bond acceptors (Lipinski definition) is 7. The number of rotatable bonds is 15. The van der Waals surface area contributed by atoms with E-state index in [2.05, 4.69) is 11.7 Å². The van der Waals surface area contributed by atoms with Crippen LogP contribution in [0.1, 0.15) is 91.4 Å². The van der Waals surface area contributed by atoms with Gasteiger partial charge in [0.15, 0.2) is 0 Å². The molecule has 0 aromatic rings. The van der Waals surface area contributed by atoms with Crippen LogP contribution < -0.4 is 0 Å². The van der Waals surface area contributed by atoms with Gasteiger partial charge in [0.05, 0.1) is 13.2 Å². The standard InChI is InChI=1S/C25H42O7/c1-5-6-9-12-20(31-18(2)26)15-16-22-21(23(28)17-24(22)32-19(3)27)13-10-7-8-11-14-25(29)30-4/h15-16,20-24,28H,5-14,17H2,1-4H3/b16-15+/t20-,21+,22+,23-,24+/m0/s1. The minimum atomic E-state index is -0.545. The lowest BCUT2D eigenvalue weighted by molar-refractivity contribution is -0.147. The van der Waals surface area contributed by atoms with Gasteiger partial charge in [-0.15, -0.1) is 0 Å². The Hall–Kier alpha value is -1.89. The largest absolute Gasteiger partial charge is 0.469 e. The average molecular weight is 455 g/mol. The third kappa shape index (κ3) is 11.1. The summed E-state index contributed by atoms with van der Waals surface area (Å²) in [6.45, 7) is 4.92. The molecular weight excluding hydrogens is 412 g/mol. The van der Waals surface area contributed by atoms with Crippen molar-refractivity contribution in [2.75, 3.05) is 7.11 Å². The fourth-order valence-corrected chi connectivity index (χ4v) is 4.45. The maximum atomic E-state index is 11.6. The predicted octanol–water partition coefficient (Wildman–Crippen LogP) is 4.50. The topological polar surface area (TPSA) is 99.1 Å². The molecule has 1 fully saturated rings. The van der Waals surface area contributed by atoms with Crippen LogP contribution in [0, 0.1) is 11.8 Å². The van der Waals surface area contributed by atoms with Crippen LogP contribution in [0.2, 0.25) is 0 Å². The van der Waals surface area contributed by atoms with Crippen molar-refractivity contribution in [2.45, 2.75) is 110 Å². The molecule has 0 amide bonds. The smallest absolute Gasteiger partial charge is 0.305 e. The Morgan fingerprint density at radius 3 is 2.38 bits per heavy atom. The second-order valence-electron chi connectivity index (χ2n) is 8.75. The summed E-state index contributed by atoms with van der Waals surface area (Å²) in [6.07, 6.45) is 11.8. The first-order valence-corrected chi connectivity index (χ1v) is 12.1. The van der Waals surface area contributed by atoms with Gasteiger partial charge in [-0.3, -0.25) is 14.4 Å². The Bertz CT molecular complexity index is 601. The first-order chi connectivity index (χ1) is 15.3. The molecule has 1 N–H and O–H groups in total. The Morgan fingerprint density at radius 2 is 1.75 bits per heavy atom. The maximum Gasteiger partial charge on any atom is 0.305 e. The van der Waals surface area contributed by atoms with Crippen molar-refractivity contribution in [3.8, 4) is 0 Å². The van der Waals surface area contributed by atoms with E-state index in [4.69, 9.17) is 9.47 Å². The van der Waals surface area contributed by atoms with Crippen LogP contribution in [0.5, 0.6) is 0 Å². The van der Waals surface area contributed by atoms with E-state index in [0.29, 0.717) is 12.8 Å². The summed E-state index contributed by atoms with van der Waals surface area (Å²) < 4.78 is 15.6. The van der Waals surface area contributed by atoms with Gasteiger partial charge in [0.2, 0.25) is 0 Å². The van der Waals surface area contributed by atoms with Crippen LogP contribution in [0.25, 0.3) is 0 Å². The molecule has 1 saturated carbocycles. The highest BCUT2D eigenvalue weighted by molar-refractivity contribution is 5.69. The molecule has 0 saturated heterocycles. The van der Waals surface area contributed by atoms with Crippen molar-refractivity contribution in [2.24, 2.45) is 11.8 Å². The van der Waals surface area contributed by atoms with Crippen LogP contribution in [-0.2, 0) is 28.6 Å². The molecule has 7 heteroatoms. The molecule has 0 aliphatic heterocycles. The quantitative estimate of drug-likeness (QED) is 0.168. The third-order valence-electron chi connectivity index (χ3n) is 6.06. The fraction of sp³-hybridized carbons (Fsp3) is 0.800. The van der Waals surface area contributed by atoms with E-state index in [1.165, 1.54) is 21.0 Å². The average Bonchev–Trinajstić information content (AvgIpc) is 3.01. The second kappa shape index (κ2) is 15.8. The minimum Gasteiger partial charge on any atom is -0.469 e. The first kappa shape index (κ1) is 28.1. The van der Waals surface area contributed by atoms with Gasteiger partial charge >= 0.3 is 17.9 Å².